The molecule has 2 heterocycles. The van der Waals surface area contributed by atoms with E-state index < -0.39 is 0 Å². The first-order valence-electron chi connectivity index (χ1n) is 5.57. The van der Waals surface area contributed by atoms with Crippen LogP contribution in [0.4, 0.5) is 5.69 Å². The maximum absolute atomic E-state index is 6.08. The highest BCUT2D eigenvalue weighted by atomic mass is 79.9. The van der Waals surface area contributed by atoms with Gasteiger partial charge in [-0.15, -0.1) is 0 Å². The van der Waals surface area contributed by atoms with Gasteiger partial charge in [-0.1, -0.05) is 11.6 Å². The Morgan fingerprint density at radius 3 is 2.95 bits per heavy atom. The van der Waals surface area contributed by atoms with Crippen LogP contribution in [0, 0.1) is 0 Å². The summed E-state index contributed by atoms with van der Waals surface area (Å²) < 4.78 is 2.43. The molecule has 0 fully saturated rings. The van der Waals surface area contributed by atoms with Crippen LogP contribution < -0.4 is 16.2 Å². The number of nitrogens with two attached hydrogens (primary N) is 1. The molecule has 0 saturated heterocycles. The summed E-state index contributed by atoms with van der Waals surface area (Å²) in [5.74, 6) is 0. The number of allylic oxidation sites excluding steroid dienone is 1. The maximum Gasteiger partial charge on any atom is 0.122 e. The molecule has 3 N–H and O–H groups in total. The predicted octanol–water partition coefficient (Wildman–Crippen LogP) is 2.50. The van der Waals surface area contributed by atoms with Crippen LogP contribution in [0.15, 0.2) is 45.9 Å². The van der Waals surface area contributed by atoms with Gasteiger partial charge < -0.3 is 5.73 Å². The number of hydrazine groups is 1. The molecule has 5 nitrogen and oxygen atoms in total. The monoisotopic (exact) mass is 339 g/mol. The molecule has 0 spiro atoms. The molecule has 3 rings (SSSR count). The number of anilines is 1. The van der Waals surface area contributed by atoms with Crippen LogP contribution in [0.25, 0.3) is 10.9 Å². The van der Waals surface area contributed by atoms with E-state index in [1.807, 2.05) is 31.4 Å². The molecule has 2 aromatic rings. The maximum atomic E-state index is 6.08. The van der Waals surface area contributed by atoms with E-state index in [1.54, 1.807) is 15.9 Å². The van der Waals surface area contributed by atoms with Crippen molar-refractivity contribution in [1.82, 2.24) is 15.2 Å². The van der Waals surface area contributed by atoms with Gasteiger partial charge in [0.25, 0.3) is 0 Å². The smallest absolute Gasteiger partial charge is 0.122 e. The number of benzene rings is 1. The van der Waals surface area contributed by atoms with Gasteiger partial charge in [0.2, 0.25) is 0 Å². The van der Waals surface area contributed by atoms with Crippen molar-refractivity contribution in [3.05, 3.63) is 45.9 Å². The lowest BCUT2D eigenvalue weighted by Crippen LogP contribution is -2.36. The van der Waals surface area contributed by atoms with E-state index in [9.17, 15) is 0 Å². The minimum Gasteiger partial charge on any atom is -0.395 e. The van der Waals surface area contributed by atoms with Gasteiger partial charge in [-0.05, 0) is 34.1 Å². The summed E-state index contributed by atoms with van der Waals surface area (Å²) in [7, 11) is 1.90. The average molecular weight is 341 g/mol. The van der Waals surface area contributed by atoms with Gasteiger partial charge in [-0.2, -0.15) is 5.10 Å². The second kappa shape index (κ2) is 4.47. The van der Waals surface area contributed by atoms with Gasteiger partial charge >= 0.3 is 0 Å². The molecule has 0 saturated carbocycles. The van der Waals surface area contributed by atoms with E-state index in [4.69, 9.17) is 17.3 Å². The molecule has 0 radical (unpaired) electrons. The Balaban J connectivity index is 2.01. The van der Waals surface area contributed by atoms with Crippen LogP contribution in [0.1, 0.15) is 0 Å². The minimum atomic E-state index is 0.483. The topological polar surface area (TPSA) is 59.1 Å². The number of nitrogens with zero attached hydrogens (tertiary/aromatic N) is 3. The molecule has 1 aliphatic rings. The molecule has 1 aromatic heterocycles. The Kier molecular flexibility index (Phi) is 2.91. The molecule has 7 heteroatoms. The normalized spacial score (nSPS) is 15.7. The Morgan fingerprint density at radius 2 is 2.21 bits per heavy atom. The van der Waals surface area contributed by atoms with Crippen molar-refractivity contribution in [2.75, 3.05) is 5.01 Å². The Hall–Kier alpha value is -1.66. The number of halogens is 2. The van der Waals surface area contributed by atoms with Crippen molar-refractivity contribution in [3.63, 3.8) is 0 Å². The molecule has 19 heavy (non-hydrogen) atoms. The van der Waals surface area contributed by atoms with Gasteiger partial charge in [-0.3, -0.25) is 15.1 Å². The number of nitrogens with one attached hydrogen (secondary N) is 1. The Morgan fingerprint density at radius 1 is 1.42 bits per heavy atom. The second-order valence-corrected chi connectivity index (χ2v) is 5.43. The SMILES string of the molecule is Cn1cc2cc(N3C=C(Cl)C(N)=C(Br)N3)ccc2n1. The van der Waals surface area contributed by atoms with Crippen molar-refractivity contribution in [2.45, 2.75) is 0 Å². The number of aryl methyl sites for hydroxylation is 1. The highest BCUT2D eigenvalue weighted by Gasteiger charge is 2.16. The zero-order valence-corrected chi connectivity index (χ0v) is 12.4. The lowest BCUT2D eigenvalue weighted by Gasteiger charge is -2.27. The zero-order valence-electron chi connectivity index (χ0n) is 10.1. The van der Waals surface area contributed by atoms with Gasteiger partial charge in [0, 0.05) is 24.8 Å². The Labute approximate surface area is 123 Å². The molecule has 98 valence electrons. The first-order valence-corrected chi connectivity index (χ1v) is 6.74. The van der Waals surface area contributed by atoms with Gasteiger partial charge in [0.1, 0.15) is 4.61 Å². The van der Waals surface area contributed by atoms with Crippen LogP contribution >= 0.6 is 27.5 Å². The Bertz CT molecular complexity index is 718. The fourth-order valence-corrected chi connectivity index (χ4v) is 2.62. The quantitative estimate of drug-likeness (QED) is 0.783. The van der Waals surface area contributed by atoms with Gasteiger partial charge in [0.15, 0.2) is 0 Å². The van der Waals surface area contributed by atoms with Crippen LogP contribution in [0.3, 0.4) is 0 Å². The van der Waals surface area contributed by atoms with Crippen LogP contribution in [-0.4, -0.2) is 9.78 Å². The van der Waals surface area contributed by atoms with E-state index >= 15 is 0 Å². The lowest BCUT2D eigenvalue weighted by atomic mass is 10.2. The van der Waals surface area contributed by atoms with Crippen LogP contribution in [0.2, 0.25) is 0 Å². The number of fused-ring (bicyclic) bond motifs is 1. The minimum absolute atomic E-state index is 0.483. The molecular weight excluding hydrogens is 330 g/mol. The molecule has 0 amide bonds. The molecule has 1 aromatic carbocycles. The van der Waals surface area contributed by atoms with Crippen molar-refractivity contribution < 1.29 is 0 Å². The van der Waals surface area contributed by atoms with Gasteiger partial charge in [-0.25, -0.2) is 0 Å². The standard InChI is InChI=1S/C12H11BrClN5/c1-18-5-7-4-8(2-3-10(7)16-18)19-6-9(14)11(15)12(13)17-19/h2-6,17H,15H2,1H3. The van der Waals surface area contributed by atoms with Crippen molar-refractivity contribution in [1.29, 1.82) is 0 Å². The van der Waals surface area contributed by atoms with E-state index in [2.05, 4.69) is 26.5 Å². The van der Waals surface area contributed by atoms with Crippen LogP contribution in [0.5, 0.6) is 0 Å². The first-order chi connectivity index (χ1) is 9.04. The first kappa shape index (κ1) is 12.4. The second-order valence-electron chi connectivity index (χ2n) is 4.23. The number of hydrogen-bond donors (Lipinski definition) is 2. The van der Waals surface area contributed by atoms with E-state index in [1.165, 1.54) is 0 Å². The highest BCUT2D eigenvalue weighted by molar-refractivity contribution is 9.11. The van der Waals surface area contributed by atoms with Crippen molar-refractivity contribution in [2.24, 2.45) is 12.8 Å². The summed E-state index contributed by atoms with van der Waals surface area (Å²) >= 11 is 9.42. The number of rotatable bonds is 1. The molecule has 0 unspecified atom stereocenters. The van der Waals surface area contributed by atoms with E-state index in [0.717, 1.165) is 16.6 Å². The molecule has 0 aliphatic carbocycles. The fourth-order valence-electron chi connectivity index (χ4n) is 1.91. The fraction of sp³-hybridized carbons (Fsp3) is 0.0833. The third kappa shape index (κ3) is 2.17. The lowest BCUT2D eigenvalue weighted by molar-refractivity contribution is 0.780. The van der Waals surface area contributed by atoms with E-state index in [0.29, 0.717) is 15.3 Å². The average Bonchev–Trinajstić information content (AvgIpc) is 2.74. The molecule has 1 aliphatic heterocycles. The number of aromatic nitrogens is 2. The summed E-state index contributed by atoms with van der Waals surface area (Å²) in [5.41, 5.74) is 11.3. The predicted molar refractivity (Wildman–Crippen MR) is 80.4 cm³/mol. The molecule has 0 atom stereocenters. The summed E-state index contributed by atoms with van der Waals surface area (Å²) in [5, 5.41) is 7.68. The third-order valence-electron chi connectivity index (χ3n) is 2.84. The van der Waals surface area contributed by atoms with Crippen molar-refractivity contribution >= 4 is 44.1 Å². The summed E-state index contributed by atoms with van der Waals surface area (Å²) in [6, 6.07) is 5.95. The largest absolute Gasteiger partial charge is 0.395 e. The van der Waals surface area contributed by atoms with E-state index in [-0.39, 0.29) is 0 Å². The summed E-state index contributed by atoms with van der Waals surface area (Å²) in [4.78, 5) is 0. The summed E-state index contributed by atoms with van der Waals surface area (Å²) in [6.45, 7) is 0. The third-order valence-corrected chi connectivity index (χ3v) is 3.74. The van der Waals surface area contributed by atoms with Crippen LogP contribution in [-0.2, 0) is 7.05 Å². The molecule has 0 bridgehead atoms. The summed E-state index contributed by atoms with van der Waals surface area (Å²) in [6.07, 6.45) is 3.70. The zero-order chi connectivity index (χ0) is 13.6. The molecular formula is C12H11BrClN5. The number of hydrogen-bond acceptors (Lipinski definition) is 4. The highest BCUT2D eigenvalue weighted by Crippen LogP contribution is 2.27. The van der Waals surface area contributed by atoms with Crippen molar-refractivity contribution in [3.8, 4) is 0 Å². The van der Waals surface area contributed by atoms with Gasteiger partial charge in [0.05, 0.1) is 21.9 Å².